The van der Waals surface area contributed by atoms with Gasteiger partial charge in [0.2, 0.25) is 0 Å². The summed E-state index contributed by atoms with van der Waals surface area (Å²) < 4.78 is 5.29. The lowest BCUT2D eigenvalue weighted by molar-refractivity contribution is 0.0734. The van der Waals surface area contributed by atoms with E-state index < -0.39 is 5.97 Å². The van der Waals surface area contributed by atoms with E-state index in [9.17, 15) is 9.59 Å². The number of hydrogen-bond acceptors (Lipinski definition) is 3. The van der Waals surface area contributed by atoms with Crippen molar-refractivity contribution >= 4 is 41.0 Å². The molecule has 0 aliphatic carbocycles. The minimum Gasteiger partial charge on any atom is -0.423 e. The summed E-state index contributed by atoms with van der Waals surface area (Å²) in [5.41, 5.74) is 1.49. The van der Waals surface area contributed by atoms with Crippen molar-refractivity contribution in [2.45, 2.75) is 0 Å². The molecule has 0 radical (unpaired) electrons. The molecule has 5 heteroatoms. The van der Waals surface area contributed by atoms with Gasteiger partial charge in [-0.3, -0.25) is 4.79 Å². The van der Waals surface area contributed by atoms with Gasteiger partial charge in [0.15, 0.2) is 5.78 Å². The average molecular weight is 397 g/mol. The molecule has 134 valence electrons. The third kappa shape index (κ3) is 4.85. The quantitative estimate of drug-likeness (QED) is 0.226. The number of ether oxygens (including phenoxy) is 1. The highest BCUT2D eigenvalue weighted by Crippen LogP contribution is 2.25. The second-order valence-electron chi connectivity index (χ2n) is 5.61. The van der Waals surface area contributed by atoms with Gasteiger partial charge in [-0.15, -0.1) is 0 Å². The molecule has 0 aliphatic rings. The molecule has 0 heterocycles. The van der Waals surface area contributed by atoms with Crippen LogP contribution < -0.4 is 4.74 Å². The molecule has 0 fully saturated rings. The number of allylic oxidation sites excluding steroid dienone is 1. The molecule has 0 unspecified atom stereocenters. The Kier molecular flexibility index (Phi) is 6.07. The number of benzene rings is 3. The van der Waals surface area contributed by atoms with Crippen molar-refractivity contribution in [1.29, 1.82) is 0 Å². The SMILES string of the molecule is O=C(C=Cc1c(Cl)cccc1Cl)c1ccc(OC(=O)c2ccccc2)cc1. The highest BCUT2D eigenvalue weighted by molar-refractivity contribution is 6.37. The third-order valence-corrected chi connectivity index (χ3v) is 4.42. The van der Waals surface area contributed by atoms with E-state index in [0.717, 1.165) is 0 Å². The fourth-order valence-electron chi connectivity index (χ4n) is 2.35. The van der Waals surface area contributed by atoms with E-state index in [1.165, 1.54) is 6.08 Å². The Hall–Kier alpha value is -2.88. The van der Waals surface area contributed by atoms with Crippen LogP contribution in [0.1, 0.15) is 26.3 Å². The summed E-state index contributed by atoms with van der Waals surface area (Å²) >= 11 is 12.2. The Bertz CT molecular complexity index is 974. The van der Waals surface area contributed by atoms with Gasteiger partial charge in [0.25, 0.3) is 0 Å². The molecule has 0 spiro atoms. The van der Waals surface area contributed by atoms with Crippen molar-refractivity contribution in [3.8, 4) is 5.75 Å². The van der Waals surface area contributed by atoms with Crippen LogP contribution in [0, 0.1) is 0 Å². The van der Waals surface area contributed by atoms with Crippen LogP contribution in [0.25, 0.3) is 6.08 Å². The number of carbonyl (C=O) groups is 2. The summed E-state index contributed by atoms with van der Waals surface area (Å²) in [6.07, 6.45) is 2.98. The van der Waals surface area contributed by atoms with E-state index in [1.54, 1.807) is 72.8 Å². The molecule has 0 aliphatic heterocycles. The molecule has 0 saturated heterocycles. The average Bonchev–Trinajstić information content (AvgIpc) is 2.68. The van der Waals surface area contributed by atoms with Gasteiger partial charge < -0.3 is 4.74 Å². The van der Waals surface area contributed by atoms with Crippen molar-refractivity contribution < 1.29 is 14.3 Å². The molecule has 3 aromatic rings. The standard InChI is InChI=1S/C22H14Cl2O3/c23-19-7-4-8-20(24)18(19)13-14-21(25)15-9-11-17(12-10-15)27-22(26)16-5-2-1-3-6-16/h1-14H. The number of hydrogen-bond donors (Lipinski definition) is 0. The Morgan fingerprint density at radius 3 is 2.00 bits per heavy atom. The van der Waals surface area contributed by atoms with Crippen molar-refractivity contribution in [2.75, 3.05) is 0 Å². The lowest BCUT2D eigenvalue weighted by Crippen LogP contribution is -2.08. The van der Waals surface area contributed by atoms with E-state index in [1.807, 2.05) is 6.07 Å². The summed E-state index contributed by atoms with van der Waals surface area (Å²) in [5, 5.41) is 0.935. The Balaban J connectivity index is 1.69. The monoisotopic (exact) mass is 396 g/mol. The topological polar surface area (TPSA) is 43.4 Å². The molecule has 0 bridgehead atoms. The van der Waals surface area contributed by atoms with Crippen LogP contribution in [0.15, 0.2) is 78.9 Å². The van der Waals surface area contributed by atoms with Gasteiger partial charge in [0.1, 0.15) is 5.75 Å². The lowest BCUT2D eigenvalue weighted by atomic mass is 10.1. The van der Waals surface area contributed by atoms with Gasteiger partial charge in [0.05, 0.1) is 5.56 Å². The molecular formula is C22H14Cl2O3. The van der Waals surface area contributed by atoms with E-state index in [4.69, 9.17) is 27.9 Å². The fraction of sp³-hybridized carbons (Fsp3) is 0. The molecule has 0 aromatic heterocycles. The molecular weight excluding hydrogens is 383 g/mol. The second-order valence-corrected chi connectivity index (χ2v) is 6.43. The first-order chi connectivity index (χ1) is 13.0. The maximum Gasteiger partial charge on any atom is 0.343 e. The summed E-state index contributed by atoms with van der Waals surface area (Å²) in [7, 11) is 0. The Morgan fingerprint density at radius 2 is 1.37 bits per heavy atom. The third-order valence-electron chi connectivity index (χ3n) is 3.76. The van der Waals surface area contributed by atoms with E-state index in [0.29, 0.717) is 32.5 Å². The summed E-state index contributed by atoms with van der Waals surface area (Å²) in [6, 6.07) is 20.2. The molecule has 3 nitrogen and oxygen atoms in total. The highest BCUT2D eigenvalue weighted by Gasteiger charge is 2.09. The molecule has 0 N–H and O–H groups in total. The largest absolute Gasteiger partial charge is 0.423 e. The number of esters is 1. The minimum atomic E-state index is -0.456. The first kappa shape index (κ1) is 18.9. The van der Waals surface area contributed by atoms with Crippen LogP contribution in [0.4, 0.5) is 0 Å². The first-order valence-electron chi connectivity index (χ1n) is 8.08. The molecule has 0 saturated carbocycles. The normalized spacial score (nSPS) is 10.7. The number of rotatable bonds is 5. The van der Waals surface area contributed by atoms with Gasteiger partial charge >= 0.3 is 5.97 Å². The van der Waals surface area contributed by atoms with Gasteiger partial charge in [-0.1, -0.05) is 47.5 Å². The number of halogens is 2. The molecule has 3 aromatic carbocycles. The van der Waals surface area contributed by atoms with Crippen molar-refractivity contribution in [1.82, 2.24) is 0 Å². The van der Waals surface area contributed by atoms with Crippen LogP contribution in [0.3, 0.4) is 0 Å². The molecule has 0 atom stereocenters. The predicted molar refractivity (Wildman–Crippen MR) is 108 cm³/mol. The zero-order chi connectivity index (χ0) is 19.2. The van der Waals surface area contributed by atoms with Gasteiger partial charge in [-0.25, -0.2) is 4.79 Å². The Morgan fingerprint density at radius 1 is 0.741 bits per heavy atom. The maximum absolute atomic E-state index is 12.3. The first-order valence-corrected chi connectivity index (χ1v) is 8.84. The van der Waals surface area contributed by atoms with Gasteiger partial charge in [-0.2, -0.15) is 0 Å². The molecule has 3 rings (SSSR count). The van der Waals surface area contributed by atoms with Crippen LogP contribution in [0.2, 0.25) is 10.0 Å². The second kappa shape index (κ2) is 8.67. The van der Waals surface area contributed by atoms with Crippen LogP contribution in [-0.2, 0) is 0 Å². The number of carbonyl (C=O) groups excluding carboxylic acids is 2. The van der Waals surface area contributed by atoms with E-state index in [-0.39, 0.29) is 5.78 Å². The van der Waals surface area contributed by atoms with Gasteiger partial charge in [0, 0.05) is 21.2 Å². The van der Waals surface area contributed by atoms with E-state index >= 15 is 0 Å². The number of ketones is 1. The summed E-state index contributed by atoms with van der Waals surface area (Å²) in [6.45, 7) is 0. The molecule has 27 heavy (non-hydrogen) atoms. The van der Waals surface area contributed by atoms with Crippen LogP contribution >= 0.6 is 23.2 Å². The minimum absolute atomic E-state index is 0.216. The summed E-state index contributed by atoms with van der Waals surface area (Å²) in [5.74, 6) is -0.312. The van der Waals surface area contributed by atoms with Crippen molar-refractivity contribution in [3.05, 3.63) is 106 Å². The Labute approximate surface area is 166 Å². The smallest absolute Gasteiger partial charge is 0.343 e. The fourth-order valence-corrected chi connectivity index (χ4v) is 2.88. The van der Waals surface area contributed by atoms with Crippen LogP contribution in [-0.4, -0.2) is 11.8 Å². The summed E-state index contributed by atoms with van der Waals surface area (Å²) in [4.78, 5) is 24.3. The highest BCUT2D eigenvalue weighted by atomic mass is 35.5. The van der Waals surface area contributed by atoms with Crippen molar-refractivity contribution in [2.24, 2.45) is 0 Å². The van der Waals surface area contributed by atoms with Crippen LogP contribution in [0.5, 0.6) is 5.75 Å². The zero-order valence-electron chi connectivity index (χ0n) is 14.1. The van der Waals surface area contributed by atoms with Gasteiger partial charge in [-0.05, 0) is 60.7 Å². The molecule has 0 amide bonds. The van der Waals surface area contributed by atoms with E-state index in [2.05, 4.69) is 0 Å². The van der Waals surface area contributed by atoms with Crippen molar-refractivity contribution in [3.63, 3.8) is 0 Å². The lowest BCUT2D eigenvalue weighted by Gasteiger charge is -2.05. The predicted octanol–water partition coefficient (Wildman–Crippen LogP) is 6.11. The maximum atomic E-state index is 12.3. The zero-order valence-corrected chi connectivity index (χ0v) is 15.6.